The van der Waals surface area contributed by atoms with E-state index in [0.29, 0.717) is 16.0 Å². The molecule has 0 radical (unpaired) electrons. The van der Waals surface area contributed by atoms with Gasteiger partial charge >= 0.3 is 0 Å². The fraction of sp³-hybridized carbons (Fsp3) is 0.368. The average molecular weight is 350 g/mol. The van der Waals surface area contributed by atoms with Gasteiger partial charge in [0.25, 0.3) is 0 Å². The van der Waals surface area contributed by atoms with Gasteiger partial charge in [-0.15, -0.1) is 0 Å². The molecule has 1 saturated heterocycles. The van der Waals surface area contributed by atoms with E-state index in [2.05, 4.69) is 29.2 Å². The molecule has 0 aliphatic carbocycles. The Morgan fingerprint density at radius 1 is 1.04 bits per heavy atom. The number of hydrogen-bond acceptors (Lipinski definition) is 2. The Hall–Kier alpha value is -1.22. The van der Waals surface area contributed by atoms with E-state index >= 15 is 0 Å². The van der Waals surface area contributed by atoms with E-state index in [0.717, 1.165) is 38.2 Å². The number of benzene rings is 2. The van der Waals surface area contributed by atoms with Crippen molar-refractivity contribution in [1.29, 1.82) is 0 Å². The molecule has 0 unspecified atom stereocenters. The van der Waals surface area contributed by atoms with Gasteiger partial charge in [0.15, 0.2) is 0 Å². The van der Waals surface area contributed by atoms with Gasteiger partial charge in [-0.05, 0) is 61.2 Å². The van der Waals surface area contributed by atoms with Gasteiger partial charge in [0, 0.05) is 6.54 Å². The van der Waals surface area contributed by atoms with Crippen LogP contribution < -0.4 is 4.74 Å². The standard InChI is InChI=1S/C19H21Cl2NO/c1-23-19-5-3-2-4-16(19)15-8-10-22(11-9-15)13-14-6-7-17(20)18(21)12-14/h2-7,12,15H,8-11,13H2,1H3. The zero-order chi connectivity index (χ0) is 16.2. The zero-order valence-electron chi connectivity index (χ0n) is 13.3. The summed E-state index contributed by atoms with van der Waals surface area (Å²) in [6.45, 7) is 3.10. The summed E-state index contributed by atoms with van der Waals surface area (Å²) >= 11 is 12.1. The van der Waals surface area contributed by atoms with Crippen LogP contribution in [0, 0.1) is 0 Å². The third kappa shape index (κ3) is 4.00. The van der Waals surface area contributed by atoms with Crippen molar-refractivity contribution in [1.82, 2.24) is 4.90 Å². The number of methoxy groups -OCH3 is 1. The highest BCUT2D eigenvalue weighted by Gasteiger charge is 2.22. The van der Waals surface area contributed by atoms with Gasteiger partial charge in [-0.1, -0.05) is 47.5 Å². The Morgan fingerprint density at radius 2 is 1.78 bits per heavy atom. The number of para-hydroxylation sites is 1. The van der Waals surface area contributed by atoms with Crippen LogP contribution in [0.5, 0.6) is 5.75 Å². The predicted octanol–water partition coefficient (Wildman–Crippen LogP) is 5.38. The number of nitrogens with zero attached hydrogens (tertiary/aromatic N) is 1. The van der Waals surface area contributed by atoms with Crippen LogP contribution in [-0.4, -0.2) is 25.1 Å². The molecule has 0 atom stereocenters. The van der Waals surface area contributed by atoms with Gasteiger partial charge in [-0.25, -0.2) is 0 Å². The SMILES string of the molecule is COc1ccccc1C1CCN(Cc2ccc(Cl)c(Cl)c2)CC1. The molecule has 0 amide bonds. The van der Waals surface area contributed by atoms with E-state index in [-0.39, 0.29) is 0 Å². The van der Waals surface area contributed by atoms with E-state index in [1.54, 1.807) is 7.11 Å². The first-order valence-corrected chi connectivity index (χ1v) is 8.72. The zero-order valence-corrected chi connectivity index (χ0v) is 14.8. The number of ether oxygens (including phenoxy) is 1. The van der Waals surface area contributed by atoms with E-state index in [4.69, 9.17) is 27.9 Å². The summed E-state index contributed by atoms with van der Waals surface area (Å²) in [5, 5.41) is 1.25. The van der Waals surface area contributed by atoms with E-state index < -0.39 is 0 Å². The molecule has 1 fully saturated rings. The molecule has 2 aromatic carbocycles. The van der Waals surface area contributed by atoms with Crippen LogP contribution in [0.1, 0.15) is 29.9 Å². The van der Waals surface area contributed by atoms with Crippen LogP contribution in [0.15, 0.2) is 42.5 Å². The Kier molecular flexibility index (Phi) is 5.47. The van der Waals surface area contributed by atoms with Crippen LogP contribution in [0.4, 0.5) is 0 Å². The average Bonchev–Trinajstić information content (AvgIpc) is 2.59. The maximum atomic E-state index is 6.10. The van der Waals surface area contributed by atoms with Gasteiger partial charge < -0.3 is 4.74 Å². The lowest BCUT2D eigenvalue weighted by molar-refractivity contribution is 0.203. The lowest BCUT2D eigenvalue weighted by atomic mass is 9.88. The molecule has 122 valence electrons. The van der Waals surface area contributed by atoms with Gasteiger partial charge in [-0.3, -0.25) is 4.90 Å². The summed E-state index contributed by atoms with van der Waals surface area (Å²) < 4.78 is 5.50. The minimum atomic E-state index is 0.580. The van der Waals surface area contributed by atoms with Crippen LogP contribution in [0.3, 0.4) is 0 Å². The normalized spacial score (nSPS) is 16.5. The van der Waals surface area contributed by atoms with Crippen molar-refractivity contribution in [3.05, 3.63) is 63.6 Å². The van der Waals surface area contributed by atoms with E-state index in [1.807, 2.05) is 18.2 Å². The highest BCUT2D eigenvalue weighted by Crippen LogP contribution is 2.34. The minimum Gasteiger partial charge on any atom is -0.496 e. The first-order chi connectivity index (χ1) is 11.2. The maximum Gasteiger partial charge on any atom is 0.122 e. The van der Waals surface area contributed by atoms with Crippen LogP contribution in [0.2, 0.25) is 10.0 Å². The number of hydrogen-bond donors (Lipinski definition) is 0. The van der Waals surface area contributed by atoms with Gasteiger partial charge in [0.05, 0.1) is 17.2 Å². The molecule has 2 aromatic rings. The molecule has 0 bridgehead atoms. The van der Waals surface area contributed by atoms with Crippen molar-refractivity contribution in [2.75, 3.05) is 20.2 Å². The molecule has 23 heavy (non-hydrogen) atoms. The molecule has 4 heteroatoms. The van der Waals surface area contributed by atoms with Crippen molar-refractivity contribution in [2.24, 2.45) is 0 Å². The molecule has 1 aliphatic rings. The molecular weight excluding hydrogens is 329 g/mol. The van der Waals surface area contributed by atoms with Crippen molar-refractivity contribution >= 4 is 23.2 Å². The molecule has 1 heterocycles. The van der Waals surface area contributed by atoms with Crippen molar-refractivity contribution in [3.8, 4) is 5.75 Å². The summed E-state index contributed by atoms with van der Waals surface area (Å²) in [5.74, 6) is 1.59. The second-order valence-electron chi connectivity index (χ2n) is 6.04. The van der Waals surface area contributed by atoms with Gasteiger partial charge in [0.1, 0.15) is 5.75 Å². The quantitative estimate of drug-likeness (QED) is 0.734. The van der Waals surface area contributed by atoms with Crippen LogP contribution in [-0.2, 0) is 6.54 Å². The maximum absolute atomic E-state index is 6.10. The lowest BCUT2D eigenvalue weighted by Crippen LogP contribution is -2.32. The second-order valence-corrected chi connectivity index (χ2v) is 6.86. The Labute approximate surface area is 148 Å². The fourth-order valence-corrected chi connectivity index (χ4v) is 3.62. The molecule has 2 nitrogen and oxygen atoms in total. The largest absolute Gasteiger partial charge is 0.496 e. The smallest absolute Gasteiger partial charge is 0.122 e. The van der Waals surface area contributed by atoms with Crippen LogP contribution in [0.25, 0.3) is 0 Å². The van der Waals surface area contributed by atoms with Gasteiger partial charge in [-0.2, -0.15) is 0 Å². The summed E-state index contributed by atoms with van der Waals surface area (Å²) in [4.78, 5) is 2.48. The van der Waals surface area contributed by atoms with Gasteiger partial charge in [0.2, 0.25) is 0 Å². The molecule has 3 rings (SSSR count). The molecule has 0 saturated carbocycles. The Bertz CT molecular complexity index is 666. The van der Waals surface area contributed by atoms with Crippen molar-refractivity contribution in [2.45, 2.75) is 25.3 Å². The van der Waals surface area contributed by atoms with Crippen molar-refractivity contribution in [3.63, 3.8) is 0 Å². The number of rotatable bonds is 4. The number of likely N-dealkylation sites (tertiary alicyclic amines) is 1. The third-order valence-electron chi connectivity index (χ3n) is 4.56. The van der Waals surface area contributed by atoms with E-state index in [1.165, 1.54) is 11.1 Å². The fourth-order valence-electron chi connectivity index (χ4n) is 3.30. The molecule has 0 aromatic heterocycles. The molecular formula is C19H21Cl2NO. The van der Waals surface area contributed by atoms with E-state index in [9.17, 15) is 0 Å². The van der Waals surface area contributed by atoms with Crippen molar-refractivity contribution < 1.29 is 4.74 Å². The lowest BCUT2D eigenvalue weighted by Gasteiger charge is -2.32. The number of halogens is 2. The number of piperidine rings is 1. The highest BCUT2D eigenvalue weighted by molar-refractivity contribution is 6.42. The summed E-state index contributed by atoms with van der Waals surface area (Å²) in [6, 6.07) is 14.3. The first kappa shape index (κ1) is 16.6. The van der Waals surface area contributed by atoms with Crippen LogP contribution >= 0.6 is 23.2 Å². The minimum absolute atomic E-state index is 0.580. The summed E-state index contributed by atoms with van der Waals surface area (Å²) in [7, 11) is 1.75. The topological polar surface area (TPSA) is 12.5 Å². The Morgan fingerprint density at radius 3 is 2.48 bits per heavy atom. The summed E-state index contributed by atoms with van der Waals surface area (Å²) in [5.41, 5.74) is 2.55. The summed E-state index contributed by atoms with van der Waals surface area (Å²) in [6.07, 6.45) is 2.31. The predicted molar refractivity (Wildman–Crippen MR) is 96.7 cm³/mol. The Balaban J connectivity index is 1.61. The first-order valence-electron chi connectivity index (χ1n) is 7.96. The molecule has 1 aliphatic heterocycles. The highest BCUT2D eigenvalue weighted by atomic mass is 35.5. The monoisotopic (exact) mass is 349 g/mol. The molecule has 0 N–H and O–H groups in total. The third-order valence-corrected chi connectivity index (χ3v) is 5.30. The second kappa shape index (κ2) is 7.57. The molecule has 0 spiro atoms.